The second-order valence-electron chi connectivity index (χ2n) is 8.44. The van der Waals surface area contributed by atoms with Crippen molar-refractivity contribution >= 4 is 18.1 Å². The molecule has 3 heterocycles. The second-order valence-corrected chi connectivity index (χ2v) is 8.44. The molecule has 2 aromatic rings. The fourth-order valence-electron chi connectivity index (χ4n) is 4.82. The topological polar surface area (TPSA) is 76.2 Å². The average Bonchev–Trinajstić information content (AvgIpc) is 3.19. The molecule has 4 aliphatic rings. The van der Waals surface area contributed by atoms with E-state index in [0.717, 1.165) is 5.56 Å². The van der Waals surface area contributed by atoms with Crippen LogP contribution in [-0.4, -0.2) is 53.1 Å². The van der Waals surface area contributed by atoms with Crippen LogP contribution >= 0.6 is 0 Å². The SMILES string of the molecule is O=C(Oc1ccccc1)N1C[C@H]2C=C[C@@H]1[C@H](C(=O)N1C(=O)OC[C@@H]1Cc1ccccc1)C2. The van der Waals surface area contributed by atoms with Gasteiger partial charge in [-0.2, -0.15) is 0 Å². The molecule has 7 nitrogen and oxygen atoms in total. The third-order valence-corrected chi connectivity index (χ3v) is 6.35. The maximum absolute atomic E-state index is 13.5. The summed E-state index contributed by atoms with van der Waals surface area (Å²) >= 11 is 0. The van der Waals surface area contributed by atoms with Gasteiger partial charge >= 0.3 is 12.2 Å². The number of carbonyl (C=O) groups excluding carboxylic acids is 3. The lowest BCUT2D eigenvalue weighted by atomic mass is 9.77. The number of ether oxygens (including phenoxy) is 2. The largest absolute Gasteiger partial charge is 0.447 e. The highest BCUT2D eigenvalue weighted by Crippen LogP contribution is 2.37. The van der Waals surface area contributed by atoms with E-state index in [2.05, 4.69) is 0 Å². The lowest BCUT2D eigenvalue weighted by Crippen LogP contribution is -2.58. The molecule has 2 fully saturated rings. The highest BCUT2D eigenvalue weighted by Gasteiger charge is 2.49. The minimum Gasteiger partial charge on any atom is -0.447 e. The second kappa shape index (κ2) is 8.49. The summed E-state index contributed by atoms with van der Waals surface area (Å²) in [6.07, 6.45) is 3.97. The maximum atomic E-state index is 13.5. The summed E-state index contributed by atoms with van der Waals surface area (Å²) < 4.78 is 10.8. The summed E-state index contributed by atoms with van der Waals surface area (Å²) in [5, 5.41) is 0. The molecule has 0 saturated carbocycles. The van der Waals surface area contributed by atoms with Crippen LogP contribution in [0.15, 0.2) is 72.8 Å². The molecule has 3 amide bonds. The molecule has 7 heteroatoms. The fraction of sp³-hybridized carbons (Fsp3) is 0.320. The molecule has 4 atom stereocenters. The van der Waals surface area contributed by atoms with Gasteiger partial charge in [0.25, 0.3) is 0 Å². The molecule has 3 aliphatic heterocycles. The van der Waals surface area contributed by atoms with E-state index in [0.29, 0.717) is 25.1 Å². The van der Waals surface area contributed by atoms with Gasteiger partial charge in [0, 0.05) is 6.54 Å². The number of cyclic esters (lactones) is 1. The molecule has 32 heavy (non-hydrogen) atoms. The number of carbonyl (C=O) groups is 3. The number of amides is 3. The Labute approximate surface area is 186 Å². The molecule has 0 radical (unpaired) electrons. The monoisotopic (exact) mass is 432 g/mol. The molecule has 0 aromatic heterocycles. The summed E-state index contributed by atoms with van der Waals surface area (Å²) in [4.78, 5) is 41.7. The standard InChI is InChI=1S/C25H24N2O5/c28-23(27-19(16-31-25(27)30)13-17-7-3-1-4-8-17)21-14-18-11-12-22(21)26(15-18)24(29)32-20-9-5-2-6-10-20/h1-12,18-19,21-22H,13-16H2/t18-,19-,21+,22+/m0/s1. The predicted molar refractivity (Wildman–Crippen MR) is 116 cm³/mol. The number of imide groups is 1. The Bertz CT molecular complexity index is 1040. The van der Waals surface area contributed by atoms with Crippen LogP contribution in [0.2, 0.25) is 0 Å². The Hall–Kier alpha value is -3.61. The van der Waals surface area contributed by atoms with Gasteiger partial charge in [-0.25, -0.2) is 14.5 Å². The Morgan fingerprint density at radius 2 is 1.72 bits per heavy atom. The molecular formula is C25H24N2O5. The first-order chi connectivity index (χ1) is 15.6. The summed E-state index contributed by atoms with van der Waals surface area (Å²) in [7, 11) is 0. The number of fused-ring (bicyclic) bond motifs is 2. The van der Waals surface area contributed by atoms with Crippen molar-refractivity contribution in [1.29, 1.82) is 0 Å². The third-order valence-electron chi connectivity index (χ3n) is 6.35. The average molecular weight is 432 g/mol. The van der Waals surface area contributed by atoms with Crippen LogP contribution in [0.5, 0.6) is 5.75 Å². The van der Waals surface area contributed by atoms with Crippen molar-refractivity contribution < 1.29 is 23.9 Å². The first-order valence-corrected chi connectivity index (χ1v) is 10.9. The normalized spacial score (nSPS) is 26.2. The van der Waals surface area contributed by atoms with Crippen LogP contribution in [0.1, 0.15) is 12.0 Å². The van der Waals surface area contributed by atoms with Crippen LogP contribution in [0.4, 0.5) is 9.59 Å². The Morgan fingerprint density at radius 3 is 2.44 bits per heavy atom. The molecule has 0 N–H and O–H groups in total. The zero-order chi connectivity index (χ0) is 22.1. The van der Waals surface area contributed by atoms with E-state index in [4.69, 9.17) is 9.47 Å². The van der Waals surface area contributed by atoms with E-state index >= 15 is 0 Å². The minimum absolute atomic E-state index is 0.0449. The van der Waals surface area contributed by atoms with Gasteiger partial charge in [0.1, 0.15) is 12.4 Å². The zero-order valence-electron chi connectivity index (χ0n) is 17.5. The first-order valence-electron chi connectivity index (χ1n) is 10.9. The van der Waals surface area contributed by atoms with E-state index in [1.54, 1.807) is 29.2 Å². The van der Waals surface area contributed by atoms with Gasteiger partial charge in [0.05, 0.1) is 18.0 Å². The summed E-state index contributed by atoms with van der Waals surface area (Å²) in [6.45, 7) is 0.671. The molecule has 1 aliphatic carbocycles. The molecule has 0 spiro atoms. The van der Waals surface area contributed by atoms with Gasteiger partial charge < -0.3 is 14.4 Å². The first kappa shape index (κ1) is 20.3. The number of hydrogen-bond donors (Lipinski definition) is 0. The lowest BCUT2D eigenvalue weighted by molar-refractivity contribution is -0.137. The molecule has 0 unspecified atom stereocenters. The van der Waals surface area contributed by atoms with Crippen molar-refractivity contribution in [2.75, 3.05) is 13.2 Å². The van der Waals surface area contributed by atoms with Crippen LogP contribution in [0, 0.1) is 11.8 Å². The van der Waals surface area contributed by atoms with E-state index in [9.17, 15) is 14.4 Å². The van der Waals surface area contributed by atoms with E-state index in [1.807, 2.05) is 48.6 Å². The summed E-state index contributed by atoms with van der Waals surface area (Å²) in [5.41, 5.74) is 1.03. The highest BCUT2D eigenvalue weighted by molar-refractivity contribution is 5.95. The number of rotatable bonds is 4. The van der Waals surface area contributed by atoms with Crippen molar-refractivity contribution in [2.24, 2.45) is 11.8 Å². The van der Waals surface area contributed by atoms with Crippen LogP contribution in [-0.2, 0) is 16.0 Å². The smallest absolute Gasteiger partial charge is 0.416 e. The van der Waals surface area contributed by atoms with Crippen molar-refractivity contribution in [1.82, 2.24) is 9.80 Å². The van der Waals surface area contributed by atoms with Crippen molar-refractivity contribution in [3.63, 3.8) is 0 Å². The number of nitrogens with zero attached hydrogens (tertiary/aromatic N) is 2. The quantitative estimate of drug-likeness (QED) is 0.690. The van der Waals surface area contributed by atoms with Crippen molar-refractivity contribution in [2.45, 2.75) is 24.9 Å². The molecular weight excluding hydrogens is 408 g/mol. The van der Waals surface area contributed by atoms with Crippen LogP contribution in [0.25, 0.3) is 0 Å². The maximum Gasteiger partial charge on any atom is 0.416 e. The number of hydrogen-bond acceptors (Lipinski definition) is 5. The molecule has 2 aromatic carbocycles. The molecule has 2 bridgehead atoms. The van der Waals surface area contributed by atoms with Crippen LogP contribution < -0.4 is 4.74 Å². The fourth-order valence-corrected chi connectivity index (χ4v) is 4.82. The number of para-hydroxylation sites is 1. The van der Waals surface area contributed by atoms with Gasteiger partial charge in [-0.05, 0) is 36.5 Å². The lowest BCUT2D eigenvalue weighted by Gasteiger charge is -2.45. The van der Waals surface area contributed by atoms with Gasteiger partial charge in [-0.1, -0.05) is 60.7 Å². The van der Waals surface area contributed by atoms with E-state index in [1.165, 1.54) is 4.90 Å². The molecule has 2 saturated heterocycles. The van der Waals surface area contributed by atoms with Crippen molar-refractivity contribution in [3.8, 4) is 5.75 Å². The van der Waals surface area contributed by atoms with Gasteiger partial charge in [-0.15, -0.1) is 0 Å². The summed E-state index contributed by atoms with van der Waals surface area (Å²) in [5.74, 6) is -0.295. The molecule has 164 valence electrons. The predicted octanol–water partition coefficient (Wildman–Crippen LogP) is 3.65. The highest BCUT2D eigenvalue weighted by atomic mass is 16.6. The number of piperidine rings is 1. The van der Waals surface area contributed by atoms with Crippen molar-refractivity contribution in [3.05, 3.63) is 78.4 Å². The van der Waals surface area contributed by atoms with Gasteiger partial charge in [0.15, 0.2) is 0 Å². The molecule has 6 rings (SSSR count). The Kier molecular flexibility index (Phi) is 5.39. The summed E-state index contributed by atoms with van der Waals surface area (Å²) in [6, 6.07) is 17.8. The van der Waals surface area contributed by atoms with E-state index < -0.39 is 24.1 Å². The Morgan fingerprint density at radius 1 is 1.00 bits per heavy atom. The van der Waals surface area contributed by atoms with Gasteiger partial charge in [0.2, 0.25) is 5.91 Å². The Balaban J connectivity index is 1.33. The van der Waals surface area contributed by atoms with Crippen LogP contribution in [0.3, 0.4) is 0 Å². The van der Waals surface area contributed by atoms with Gasteiger partial charge in [-0.3, -0.25) is 4.79 Å². The number of benzene rings is 2. The van der Waals surface area contributed by atoms with E-state index in [-0.39, 0.29) is 24.5 Å². The minimum atomic E-state index is -0.611. The zero-order valence-corrected chi connectivity index (χ0v) is 17.5. The third kappa shape index (κ3) is 3.86.